The van der Waals surface area contributed by atoms with Gasteiger partial charge in [0, 0.05) is 12.0 Å². The summed E-state index contributed by atoms with van der Waals surface area (Å²) in [5.74, 6) is 0.383. The summed E-state index contributed by atoms with van der Waals surface area (Å²) in [6.45, 7) is 0. The third kappa shape index (κ3) is 5.44. The molecule has 3 atom stereocenters. The highest BCUT2D eigenvalue weighted by Gasteiger charge is 2.27. The molecule has 1 amide bonds. The van der Waals surface area contributed by atoms with Crippen molar-refractivity contribution in [2.24, 2.45) is 11.7 Å². The molecule has 1 fully saturated rings. The van der Waals surface area contributed by atoms with Crippen LogP contribution in [0.15, 0.2) is 48.5 Å². The Balaban J connectivity index is 0.00000261. The highest BCUT2D eigenvalue weighted by atomic mass is 35.5. The molecule has 0 radical (unpaired) electrons. The zero-order valence-electron chi connectivity index (χ0n) is 15.4. The fraction of sp³-hybridized carbons (Fsp3) is 0.381. The first-order valence-corrected chi connectivity index (χ1v) is 9.02. The second-order valence-corrected chi connectivity index (χ2v) is 6.89. The molecular formula is C21H26ClFN2O2. The van der Waals surface area contributed by atoms with Crippen molar-refractivity contribution in [3.8, 4) is 5.75 Å². The lowest BCUT2D eigenvalue weighted by atomic mass is 9.85. The van der Waals surface area contributed by atoms with E-state index in [0.717, 1.165) is 36.1 Å². The van der Waals surface area contributed by atoms with Crippen LogP contribution in [0.3, 0.4) is 0 Å². The van der Waals surface area contributed by atoms with Gasteiger partial charge in [-0.3, -0.25) is 4.79 Å². The van der Waals surface area contributed by atoms with Crippen LogP contribution in [0.25, 0.3) is 0 Å². The van der Waals surface area contributed by atoms with E-state index in [0.29, 0.717) is 6.42 Å². The first kappa shape index (κ1) is 21.2. The van der Waals surface area contributed by atoms with Gasteiger partial charge in [0.1, 0.15) is 11.6 Å². The van der Waals surface area contributed by atoms with Crippen LogP contribution in [0.1, 0.15) is 42.9 Å². The average Bonchev–Trinajstić information content (AvgIpc) is 2.67. The van der Waals surface area contributed by atoms with E-state index in [1.165, 1.54) is 12.1 Å². The number of rotatable bonds is 5. The molecule has 1 saturated carbocycles. The third-order valence-corrected chi connectivity index (χ3v) is 5.02. The summed E-state index contributed by atoms with van der Waals surface area (Å²) in [7, 11) is 1.61. The Morgan fingerprint density at radius 2 is 1.70 bits per heavy atom. The Hall–Kier alpha value is -2.11. The minimum Gasteiger partial charge on any atom is -0.497 e. The Bertz CT molecular complexity index is 737. The molecule has 0 aromatic heterocycles. The largest absolute Gasteiger partial charge is 0.497 e. The average molecular weight is 393 g/mol. The quantitative estimate of drug-likeness (QED) is 0.808. The summed E-state index contributed by atoms with van der Waals surface area (Å²) in [4.78, 5) is 12.8. The van der Waals surface area contributed by atoms with Crippen molar-refractivity contribution in [3.05, 3.63) is 65.5 Å². The molecule has 3 rings (SSSR count). The SMILES string of the molecule is COc1ccc(C(NC(=O)C2CCCC(N)C2)c2ccc(F)cc2)cc1.Cl. The summed E-state index contributed by atoms with van der Waals surface area (Å²) in [6.07, 6.45) is 3.52. The van der Waals surface area contributed by atoms with Gasteiger partial charge in [-0.2, -0.15) is 0 Å². The van der Waals surface area contributed by atoms with Gasteiger partial charge in [-0.25, -0.2) is 4.39 Å². The van der Waals surface area contributed by atoms with Crippen LogP contribution in [0, 0.1) is 11.7 Å². The van der Waals surface area contributed by atoms with Crippen molar-refractivity contribution < 1.29 is 13.9 Å². The summed E-state index contributed by atoms with van der Waals surface area (Å²) in [5.41, 5.74) is 7.79. The second kappa shape index (κ2) is 9.72. The van der Waals surface area contributed by atoms with E-state index in [1.54, 1.807) is 19.2 Å². The van der Waals surface area contributed by atoms with Gasteiger partial charge in [0.05, 0.1) is 13.2 Å². The Kier molecular flexibility index (Phi) is 7.63. The van der Waals surface area contributed by atoms with Gasteiger partial charge < -0.3 is 15.8 Å². The monoisotopic (exact) mass is 392 g/mol. The molecule has 2 aromatic carbocycles. The number of hydrogen-bond acceptors (Lipinski definition) is 3. The number of amides is 1. The molecule has 3 unspecified atom stereocenters. The van der Waals surface area contributed by atoms with Crippen molar-refractivity contribution in [2.45, 2.75) is 37.8 Å². The van der Waals surface area contributed by atoms with Crippen molar-refractivity contribution in [1.82, 2.24) is 5.32 Å². The number of carbonyl (C=O) groups excluding carboxylic acids is 1. The molecule has 146 valence electrons. The van der Waals surface area contributed by atoms with Crippen LogP contribution >= 0.6 is 12.4 Å². The number of methoxy groups -OCH3 is 1. The molecule has 1 aliphatic rings. The van der Waals surface area contributed by atoms with E-state index in [1.807, 2.05) is 24.3 Å². The van der Waals surface area contributed by atoms with Crippen LogP contribution in [-0.2, 0) is 4.79 Å². The van der Waals surface area contributed by atoms with Crippen molar-refractivity contribution in [2.75, 3.05) is 7.11 Å². The highest BCUT2D eigenvalue weighted by molar-refractivity contribution is 5.85. The van der Waals surface area contributed by atoms with Crippen LogP contribution in [0.5, 0.6) is 5.75 Å². The molecule has 1 aliphatic carbocycles. The summed E-state index contributed by atoms with van der Waals surface area (Å²) >= 11 is 0. The predicted octanol–water partition coefficient (Wildman–Crippen LogP) is 3.98. The number of carbonyl (C=O) groups is 1. The molecular weight excluding hydrogens is 367 g/mol. The molecule has 0 spiro atoms. The lowest BCUT2D eigenvalue weighted by Crippen LogP contribution is -2.39. The number of nitrogens with one attached hydrogen (secondary N) is 1. The van der Waals surface area contributed by atoms with E-state index in [2.05, 4.69) is 5.32 Å². The van der Waals surface area contributed by atoms with Crippen LogP contribution in [-0.4, -0.2) is 19.1 Å². The zero-order valence-corrected chi connectivity index (χ0v) is 16.2. The Morgan fingerprint density at radius 3 is 2.26 bits per heavy atom. The fourth-order valence-corrected chi connectivity index (χ4v) is 3.54. The van der Waals surface area contributed by atoms with Crippen LogP contribution in [0.4, 0.5) is 4.39 Å². The second-order valence-electron chi connectivity index (χ2n) is 6.89. The number of hydrogen-bond donors (Lipinski definition) is 2. The molecule has 4 nitrogen and oxygen atoms in total. The van der Waals surface area contributed by atoms with Crippen molar-refractivity contribution in [1.29, 1.82) is 0 Å². The van der Waals surface area contributed by atoms with Crippen molar-refractivity contribution in [3.63, 3.8) is 0 Å². The summed E-state index contributed by atoms with van der Waals surface area (Å²) < 4.78 is 18.5. The van der Waals surface area contributed by atoms with Gasteiger partial charge in [-0.15, -0.1) is 12.4 Å². The highest BCUT2D eigenvalue weighted by Crippen LogP contribution is 2.28. The topological polar surface area (TPSA) is 64.3 Å². The molecule has 0 saturated heterocycles. The van der Waals surface area contributed by atoms with Gasteiger partial charge >= 0.3 is 0 Å². The van der Waals surface area contributed by atoms with E-state index in [4.69, 9.17) is 10.5 Å². The summed E-state index contributed by atoms with van der Waals surface area (Å²) in [6, 6.07) is 13.5. The summed E-state index contributed by atoms with van der Waals surface area (Å²) in [5, 5.41) is 3.14. The first-order chi connectivity index (χ1) is 12.6. The van der Waals surface area contributed by atoms with Gasteiger partial charge in [0.15, 0.2) is 0 Å². The lowest BCUT2D eigenvalue weighted by Gasteiger charge is -2.28. The Morgan fingerprint density at radius 1 is 1.11 bits per heavy atom. The predicted molar refractivity (Wildman–Crippen MR) is 107 cm³/mol. The van der Waals surface area contributed by atoms with Gasteiger partial charge in [0.2, 0.25) is 5.91 Å². The van der Waals surface area contributed by atoms with Gasteiger partial charge in [-0.1, -0.05) is 30.7 Å². The minimum atomic E-state index is -0.341. The number of benzene rings is 2. The maximum absolute atomic E-state index is 13.3. The number of nitrogens with two attached hydrogens (primary N) is 1. The van der Waals surface area contributed by atoms with E-state index in [9.17, 15) is 9.18 Å². The molecule has 6 heteroatoms. The number of halogens is 2. The molecule has 0 aliphatic heterocycles. The van der Waals surface area contributed by atoms with Gasteiger partial charge in [-0.05, 0) is 54.7 Å². The first-order valence-electron chi connectivity index (χ1n) is 9.02. The maximum atomic E-state index is 13.3. The van der Waals surface area contributed by atoms with E-state index in [-0.39, 0.29) is 42.1 Å². The molecule has 3 N–H and O–H groups in total. The van der Waals surface area contributed by atoms with Gasteiger partial charge in [0.25, 0.3) is 0 Å². The molecule has 27 heavy (non-hydrogen) atoms. The standard InChI is InChI=1S/C21H25FN2O2.ClH/c1-26-19-11-7-15(8-12-19)20(14-5-9-17(22)10-6-14)24-21(25)16-3-2-4-18(23)13-16;/h5-12,16,18,20H,2-4,13,23H2,1H3,(H,24,25);1H. The number of ether oxygens (including phenoxy) is 1. The molecule has 0 bridgehead atoms. The molecule has 2 aromatic rings. The van der Waals surface area contributed by atoms with E-state index >= 15 is 0 Å². The minimum absolute atomic E-state index is 0. The fourth-order valence-electron chi connectivity index (χ4n) is 3.54. The third-order valence-electron chi connectivity index (χ3n) is 5.02. The van der Waals surface area contributed by atoms with Crippen LogP contribution < -0.4 is 15.8 Å². The zero-order chi connectivity index (χ0) is 18.5. The van der Waals surface area contributed by atoms with Crippen LogP contribution in [0.2, 0.25) is 0 Å². The van der Waals surface area contributed by atoms with E-state index < -0.39 is 0 Å². The Labute approximate surface area is 165 Å². The maximum Gasteiger partial charge on any atom is 0.223 e. The van der Waals surface area contributed by atoms with Crippen molar-refractivity contribution >= 4 is 18.3 Å². The lowest BCUT2D eigenvalue weighted by molar-refractivity contribution is -0.126. The molecule has 0 heterocycles. The normalized spacial score (nSPS) is 20.3. The smallest absolute Gasteiger partial charge is 0.223 e.